The molecule has 0 fully saturated rings. The van der Waals surface area contributed by atoms with Gasteiger partial charge in [0, 0.05) is 24.0 Å². The Balaban J connectivity index is 1.67. The van der Waals surface area contributed by atoms with Gasteiger partial charge in [0.1, 0.15) is 0 Å². The molecule has 6 nitrogen and oxygen atoms in total. The minimum atomic E-state index is -0.371. The van der Waals surface area contributed by atoms with Gasteiger partial charge in [-0.1, -0.05) is 24.6 Å². The van der Waals surface area contributed by atoms with Gasteiger partial charge in [-0.2, -0.15) is 0 Å². The molecule has 0 atom stereocenters. The van der Waals surface area contributed by atoms with Crippen LogP contribution in [0.25, 0.3) is 10.9 Å². The van der Waals surface area contributed by atoms with E-state index in [1.165, 1.54) is 0 Å². The molecule has 1 aromatic heterocycles. The van der Waals surface area contributed by atoms with E-state index < -0.39 is 0 Å². The second-order valence-corrected chi connectivity index (χ2v) is 6.74. The van der Waals surface area contributed by atoms with E-state index >= 15 is 0 Å². The largest absolute Gasteiger partial charge is 0.352 e. The van der Waals surface area contributed by atoms with Crippen molar-refractivity contribution < 1.29 is 14.8 Å². The van der Waals surface area contributed by atoms with Gasteiger partial charge >= 0.3 is 0 Å². The zero-order chi connectivity index (χ0) is 18.4. The van der Waals surface area contributed by atoms with Gasteiger partial charge in [-0.25, -0.2) is 5.48 Å². The van der Waals surface area contributed by atoms with Crippen LogP contribution in [0.5, 0.6) is 0 Å². The predicted octanol–water partition coefficient (Wildman–Crippen LogP) is 2.91. The van der Waals surface area contributed by atoms with Crippen LogP contribution in [0.3, 0.4) is 0 Å². The first-order chi connectivity index (χ1) is 12.7. The summed E-state index contributed by atoms with van der Waals surface area (Å²) in [7, 11) is 0. The number of carbonyl (C=O) groups excluding carboxylic acids is 2. The van der Waals surface area contributed by atoms with Gasteiger partial charge < -0.3 is 5.32 Å². The van der Waals surface area contributed by atoms with Crippen LogP contribution in [-0.2, 0) is 17.6 Å². The number of amides is 2. The molecule has 0 unspecified atom stereocenters. The fourth-order valence-corrected chi connectivity index (χ4v) is 3.57. The summed E-state index contributed by atoms with van der Waals surface area (Å²) in [6.45, 7) is 0.574. The van der Waals surface area contributed by atoms with Crippen molar-refractivity contribution in [2.45, 2.75) is 51.4 Å². The van der Waals surface area contributed by atoms with E-state index in [-0.39, 0.29) is 11.8 Å². The van der Waals surface area contributed by atoms with E-state index in [0.717, 1.165) is 66.2 Å². The molecule has 26 heavy (non-hydrogen) atoms. The van der Waals surface area contributed by atoms with E-state index in [1.807, 2.05) is 24.3 Å². The van der Waals surface area contributed by atoms with Crippen LogP contribution in [0.1, 0.15) is 60.1 Å². The van der Waals surface area contributed by atoms with Crippen molar-refractivity contribution >= 4 is 22.7 Å². The van der Waals surface area contributed by atoms with Gasteiger partial charge in [0.25, 0.3) is 5.91 Å². The monoisotopic (exact) mass is 355 g/mol. The Morgan fingerprint density at radius 3 is 2.73 bits per heavy atom. The Labute approximate surface area is 153 Å². The SMILES string of the molecule is O=C(CCCCCNC(=O)c1c2c(nc3ccccc13)CCCC2)NO. The summed E-state index contributed by atoms with van der Waals surface area (Å²) >= 11 is 0. The molecule has 0 aliphatic heterocycles. The molecule has 3 N–H and O–H groups in total. The molecular weight excluding hydrogens is 330 g/mol. The van der Waals surface area contributed by atoms with Crippen LogP contribution in [-0.4, -0.2) is 28.6 Å². The summed E-state index contributed by atoms with van der Waals surface area (Å²) in [6.07, 6.45) is 6.68. The number of fused-ring (bicyclic) bond motifs is 2. The zero-order valence-corrected chi connectivity index (χ0v) is 14.9. The summed E-state index contributed by atoms with van der Waals surface area (Å²) in [5, 5.41) is 12.4. The van der Waals surface area contributed by atoms with E-state index in [0.29, 0.717) is 19.4 Å². The van der Waals surface area contributed by atoms with Crippen molar-refractivity contribution in [3.8, 4) is 0 Å². The number of nitrogens with one attached hydrogen (secondary N) is 2. The number of pyridine rings is 1. The molecule has 2 aromatic rings. The molecule has 6 heteroatoms. The Hall–Kier alpha value is -2.47. The van der Waals surface area contributed by atoms with Crippen LogP contribution in [0.2, 0.25) is 0 Å². The number of unbranched alkanes of at least 4 members (excludes halogenated alkanes) is 2. The third-order valence-corrected chi connectivity index (χ3v) is 4.89. The third kappa shape index (κ3) is 4.19. The first-order valence-electron chi connectivity index (χ1n) is 9.32. The molecule has 0 spiro atoms. The maximum atomic E-state index is 12.9. The number of aryl methyl sites for hydroxylation is 1. The molecular formula is C20H25N3O3. The number of benzene rings is 1. The number of hydroxylamine groups is 1. The van der Waals surface area contributed by atoms with Gasteiger partial charge in [0.15, 0.2) is 0 Å². The highest BCUT2D eigenvalue weighted by molar-refractivity contribution is 6.07. The standard InChI is InChI=1S/C20H25N3O3/c24-18(23-26)12-2-1-7-13-21-20(25)19-14-8-3-5-10-16(14)22-17-11-6-4-9-15(17)19/h3,5,8,10,26H,1-2,4,6-7,9,11-13H2,(H,21,25)(H,23,24). The lowest BCUT2D eigenvalue weighted by atomic mass is 9.89. The maximum Gasteiger partial charge on any atom is 0.252 e. The van der Waals surface area contributed by atoms with Crippen molar-refractivity contribution in [2.75, 3.05) is 6.54 Å². The number of nitrogens with zero attached hydrogens (tertiary/aromatic N) is 1. The fourth-order valence-electron chi connectivity index (χ4n) is 3.57. The topological polar surface area (TPSA) is 91.3 Å². The van der Waals surface area contributed by atoms with Crippen molar-refractivity contribution in [3.63, 3.8) is 0 Å². The van der Waals surface area contributed by atoms with Crippen molar-refractivity contribution in [2.24, 2.45) is 0 Å². The van der Waals surface area contributed by atoms with E-state index in [2.05, 4.69) is 5.32 Å². The Morgan fingerprint density at radius 2 is 1.88 bits per heavy atom. The smallest absolute Gasteiger partial charge is 0.252 e. The molecule has 0 radical (unpaired) electrons. The minimum absolute atomic E-state index is 0.0325. The highest BCUT2D eigenvalue weighted by Gasteiger charge is 2.22. The number of carbonyl (C=O) groups is 2. The Kier molecular flexibility index (Phi) is 6.17. The van der Waals surface area contributed by atoms with E-state index in [9.17, 15) is 9.59 Å². The van der Waals surface area contributed by atoms with Crippen LogP contribution in [0.15, 0.2) is 24.3 Å². The molecule has 138 valence electrons. The fraction of sp³-hybridized carbons (Fsp3) is 0.450. The second kappa shape index (κ2) is 8.76. The molecule has 1 heterocycles. The first-order valence-corrected chi connectivity index (χ1v) is 9.32. The third-order valence-electron chi connectivity index (χ3n) is 4.89. The number of aromatic nitrogens is 1. The molecule has 0 saturated carbocycles. The molecule has 0 saturated heterocycles. The van der Waals surface area contributed by atoms with Crippen LogP contribution in [0, 0.1) is 0 Å². The molecule has 1 aliphatic rings. The quantitative estimate of drug-likeness (QED) is 0.405. The van der Waals surface area contributed by atoms with Gasteiger partial charge in [0.2, 0.25) is 5.91 Å². The average Bonchev–Trinajstić information content (AvgIpc) is 2.68. The van der Waals surface area contributed by atoms with Gasteiger partial charge in [0.05, 0.1) is 11.1 Å². The van der Waals surface area contributed by atoms with Crippen LogP contribution >= 0.6 is 0 Å². The normalized spacial score (nSPS) is 13.3. The molecule has 3 rings (SSSR count). The van der Waals surface area contributed by atoms with Crippen molar-refractivity contribution in [1.29, 1.82) is 0 Å². The summed E-state index contributed by atoms with van der Waals surface area (Å²) < 4.78 is 0. The van der Waals surface area contributed by atoms with Gasteiger partial charge in [-0.3, -0.25) is 19.8 Å². The number of hydrogen-bond acceptors (Lipinski definition) is 4. The lowest BCUT2D eigenvalue weighted by Gasteiger charge is -2.20. The highest BCUT2D eigenvalue weighted by atomic mass is 16.5. The van der Waals surface area contributed by atoms with E-state index in [1.54, 1.807) is 5.48 Å². The summed E-state index contributed by atoms with van der Waals surface area (Å²) in [6, 6.07) is 7.84. The highest BCUT2D eigenvalue weighted by Crippen LogP contribution is 2.29. The maximum absolute atomic E-state index is 12.9. The first kappa shape index (κ1) is 18.3. The van der Waals surface area contributed by atoms with Crippen molar-refractivity contribution in [1.82, 2.24) is 15.8 Å². The minimum Gasteiger partial charge on any atom is -0.352 e. The number of rotatable bonds is 7. The molecule has 0 bridgehead atoms. The number of para-hydroxylation sites is 1. The second-order valence-electron chi connectivity index (χ2n) is 6.74. The Bertz CT molecular complexity index is 804. The Morgan fingerprint density at radius 1 is 1.08 bits per heavy atom. The summed E-state index contributed by atoms with van der Waals surface area (Å²) in [5.41, 5.74) is 5.46. The molecule has 1 aromatic carbocycles. The average molecular weight is 355 g/mol. The van der Waals surface area contributed by atoms with Crippen LogP contribution < -0.4 is 10.8 Å². The van der Waals surface area contributed by atoms with Gasteiger partial charge in [-0.15, -0.1) is 0 Å². The zero-order valence-electron chi connectivity index (χ0n) is 14.9. The molecule has 2 amide bonds. The van der Waals surface area contributed by atoms with Gasteiger partial charge in [-0.05, 0) is 50.2 Å². The predicted molar refractivity (Wildman–Crippen MR) is 99.1 cm³/mol. The van der Waals surface area contributed by atoms with Crippen LogP contribution in [0.4, 0.5) is 0 Å². The van der Waals surface area contributed by atoms with Crippen molar-refractivity contribution in [3.05, 3.63) is 41.1 Å². The lowest BCUT2D eigenvalue weighted by Crippen LogP contribution is -2.27. The lowest BCUT2D eigenvalue weighted by molar-refractivity contribution is -0.129. The number of hydrogen-bond donors (Lipinski definition) is 3. The molecule has 1 aliphatic carbocycles. The summed E-state index contributed by atoms with van der Waals surface area (Å²) in [4.78, 5) is 28.6. The summed E-state index contributed by atoms with van der Waals surface area (Å²) in [5.74, 6) is -0.404. The van der Waals surface area contributed by atoms with E-state index in [4.69, 9.17) is 10.2 Å².